The second-order valence-corrected chi connectivity index (χ2v) is 4.27. The number of hydrogen-bond acceptors (Lipinski definition) is 1. The van der Waals surface area contributed by atoms with Crippen molar-refractivity contribution in [1.82, 2.24) is 0 Å². The van der Waals surface area contributed by atoms with Crippen molar-refractivity contribution in [3.8, 4) is 0 Å². The van der Waals surface area contributed by atoms with Crippen molar-refractivity contribution < 1.29 is 0 Å². The van der Waals surface area contributed by atoms with E-state index in [-0.39, 0.29) is 0 Å². The zero-order chi connectivity index (χ0) is 9.23. The lowest BCUT2D eigenvalue weighted by molar-refractivity contribution is 0.449. The van der Waals surface area contributed by atoms with Gasteiger partial charge in [-0.1, -0.05) is 52.4 Å². The van der Waals surface area contributed by atoms with E-state index < -0.39 is 0 Å². The molecule has 0 aromatic carbocycles. The first-order chi connectivity index (χ1) is 5.81. The number of thiol groups is 1. The van der Waals surface area contributed by atoms with Gasteiger partial charge in [-0.2, -0.15) is 12.6 Å². The topological polar surface area (TPSA) is 0 Å². The number of unbranched alkanes of at least 4 members (excludes halogenated alkanes) is 3. The third kappa shape index (κ3) is 8.45. The van der Waals surface area contributed by atoms with Gasteiger partial charge in [0.2, 0.25) is 0 Å². The molecule has 74 valence electrons. The molecule has 0 rings (SSSR count). The largest absolute Gasteiger partial charge is 0.179 e. The molecule has 0 aromatic rings. The van der Waals surface area contributed by atoms with E-state index in [0.29, 0.717) is 0 Å². The van der Waals surface area contributed by atoms with Gasteiger partial charge < -0.3 is 0 Å². The van der Waals surface area contributed by atoms with Crippen LogP contribution in [0.5, 0.6) is 0 Å². The minimum atomic E-state index is 0.941. The van der Waals surface area contributed by atoms with Crippen LogP contribution in [0.15, 0.2) is 0 Å². The molecular weight excluding hydrogens is 164 g/mol. The maximum Gasteiger partial charge on any atom is -0.00979 e. The summed E-state index contributed by atoms with van der Waals surface area (Å²) in [4.78, 5) is 0. The van der Waals surface area contributed by atoms with Crippen LogP contribution in [-0.2, 0) is 0 Å². The van der Waals surface area contributed by atoms with Crippen molar-refractivity contribution in [1.29, 1.82) is 0 Å². The summed E-state index contributed by atoms with van der Waals surface area (Å²) in [6.07, 6.45) is 9.70. The van der Waals surface area contributed by atoms with E-state index in [0.717, 1.165) is 11.7 Å². The zero-order valence-corrected chi connectivity index (χ0v) is 9.58. The first-order valence-electron chi connectivity index (χ1n) is 5.42. The van der Waals surface area contributed by atoms with Crippen LogP contribution in [0.3, 0.4) is 0 Å². The Morgan fingerprint density at radius 2 is 1.58 bits per heavy atom. The zero-order valence-electron chi connectivity index (χ0n) is 8.68. The average Bonchev–Trinajstić information content (AvgIpc) is 2.06. The summed E-state index contributed by atoms with van der Waals surface area (Å²) in [7, 11) is 0. The molecule has 1 atom stereocenters. The standard InChI is InChI=1S/C11H24S/c1-3-4-5-8-11(2)9-6-7-10-12/h11-12H,3-10H2,1-2H3. The third-order valence-electron chi connectivity index (χ3n) is 2.41. The van der Waals surface area contributed by atoms with Gasteiger partial charge in [0, 0.05) is 0 Å². The Bertz CT molecular complexity index is 71.1. The average molecular weight is 188 g/mol. The molecular formula is C11H24S. The predicted molar refractivity (Wildman–Crippen MR) is 61.0 cm³/mol. The molecule has 0 spiro atoms. The van der Waals surface area contributed by atoms with Gasteiger partial charge in [0.15, 0.2) is 0 Å². The molecule has 1 unspecified atom stereocenters. The van der Waals surface area contributed by atoms with Crippen molar-refractivity contribution in [3.05, 3.63) is 0 Å². The van der Waals surface area contributed by atoms with Gasteiger partial charge in [-0.05, 0) is 18.1 Å². The molecule has 0 aromatic heterocycles. The molecule has 0 aliphatic carbocycles. The smallest absolute Gasteiger partial charge is 0.00979 e. The van der Waals surface area contributed by atoms with E-state index in [1.807, 2.05) is 0 Å². The Hall–Kier alpha value is 0.350. The summed E-state index contributed by atoms with van der Waals surface area (Å²) in [5, 5.41) is 0. The lowest BCUT2D eigenvalue weighted by Gasteiger charge is -2.09. The second kappa shape index (κ2) is 9.44. The molecule has 0 fully saturated rings. The van der Waals surface area contributed by atoms with Gasteiger partial charge >= 0.3 is 0 Å². The molecule has 12 heavy (non-hydrogen) atoms. The normalized spacial score (nSPS) is 13.2. The van der Waals surface area contributed by atoms with Gasteiger partial charge in [0.25, 0.3) is 0 Å². The fourth-order valence-electron chi connectivity index (χ4n) is 1.49. The van der Waals surface area contributed by atoms with Crippen molar-refractivity contribution in [2.24, 2.45) is 5.92 Å². The van der Waals surface area contributed by atoms with E-state index >= 15 is 0 Å². The van der Waals surface area contributed by atoms with Gasteiger partial charge in [-0.3, -0.25) is 0 Å². The van der Waals surface area contributed by atoms with Gasteiger partial charge in [-0.15, -0.1) is 0 Å². The molecule has 0 aliphatic heterocycles. The van der Waals surface area contributed by atoms with Crippen LogP contribution in [0.25, 0.3) is 0 Å². The van der Waals surface area contributed by atoms with E-state index in [1.165, 1.54) is 44.9 Å². The minimum absolute atomic E-state index is 0.941. The first-order valence-corrected chi connectivity index (χ1v) is 6.05. The molecule has 0 amide bonds. The fraction of sp³-hybridized carbons (Fsp3) is 1.00. The summed E-state index contributed by atoms with van der Waals surface area (Å²) in [5.41, 5.74) is 0. The summed E-state index contributed by atoms with van der Waals surface area (Å²) in [6, 6.07) is 0. The van der Waals surface area contributed by atoms with Gasteiger partial charge in [0.1, 0.15) is 0 Å². The lowest BCUT2D eigenvalue weighted by Crippen LogP contribution is -1.94. The lowest BCUT2D eigenvalue weighted by atomic mass is 9.98. The summed E-state index contributed by atoms with van der Waals surface area (Å²) >= 11 is 4.21. The third-order valence-corrected chi connectivity index (χ3v) is 2.72. The number of hydrogen-bond donors (Lipinski definition) is 1. The highest BCUT2D eigenvalue weighted by molar-refractivity contribution is 7.80. The van der Waals surface area contributed by atoms with E-state index in [4.69, 9.17) is 0 Å². The van der Waals surface area contributed by atoms with Crippen LogP contribution < -0.4 is 0 Å². The molecule has 0 N–H and O–H groups in total. The van der Waals surface area contributed by atoms with E-state index in [1.54, 1.807) is 0 Å². The molecule has 0 nitrogen and oxygen atoms in total. The molecule has 0 radical (unpaired) electrons. The molecule has 0 saturated heterocycles. The quantitative estimate of drug-likeness (QED) is 0.426. The highest BCUT2D eigenvalue weighted by Crippen LogP contribution is 2.15. The van der Waals surface area contributed by atoms with Crippen molar-refractivity contribution in [2.45, 2.75) is 58.8 Å². The minimum Gasteiger partial charge on any atom is -0.179 e. The van der Waals surface area contributed by atoms with E-state index in [2.05, 4.69) is 26.5 Å². The Kier molecular flexibility index (Phi) is 9.71. The summed E-state index contributed by atoms with van der Waals surface area (Å²) < 4.78 is 0. The Balaban J connectivity index is 3.04. The summed E-state index contributed by atoms with van der Waals surface area (Å²) in [6.45, 7) is 4.65. The van der Waals surface area contributed by atoms with Gasteiger partial charge in [-0.25, -0.2) is 0 Å². The van der Waals surface area contributed by atoms with Crippen molar-refractivity contribution in [3.63, 3.8) is 0 Å². The highest BCUT2D eigenvalue weighted by atomic mass is 32.1. The molecule has 0 heterocycles. The van der Waals surface area contributed by atoms with Crippen LogP contribution in [0.2, 0.25) is 0 Å². The van der Waals surface area contributed by atoms with Crippen LogP contribution >= 0.6 is 12.6 Å². The molecule has 1 heteroatoms. The summed E-state index contributed by atoms with van der Waals surface area (Å²) in [5.74, 6) is 2.00. The Morgan fingerprint density at radius 1 is 1.00 bits per heavy atom. The second-order valence-electron chi connectivity index (χ2n) is 3.82. The molecule has 0 bridgehead atoms. The fourth-order valence-corrected chi connectivity index (χ4v) is 1.72. The Labute approximate surface area is 83.5 Å². The molecule has 0 aliphatic rings. The SMILES string of the molecule is CCCCCC(C)CCCCS. The monoisotopic (exact) mass is 188 g/mol. The van der Waals surface area contributed by atoms with Gasteiger partial charge in [0.05, 0.1) is 0 Å². The first kappa shape index (κ1) is 12.3. The highest BCUT2D eigenvalue weighted by Gasteiger charge is 2.00. The van der Waals surface area contributed by atoms with Crippen LogP contribution in [0.4, 0.5) is 0 Å². The number of rotatable bonds is 8. The Morgan fingerprint density at radius 3 is 2.08 bits per heavy atom. The molecule has 0 saturated carbocycles. The van der Waals surface area contributed by atoms with Crippen LogP contribution in [0.1, 0.15) is 58.8 Å². The van der Waals surface area contributed by atoms with Crippen molar-refractivity contribution in [2.75, 3.05) is 5.75 Å². The van der Waals surface area contributed by atoms with Crippen molar-refractivity contribution >= 4 is 12.6 Å². The maximum absolute atomic E-state index is 4.21. The van der Waals surface area contributed by atoms with E-state index in [9.17, 15) is 0 Å². The predicted octanol–water partition coefficient (Wildman–Crippen LogP) is 4.30. The maximum atomic E-state index is 4.21. The van der Waals surface area contributed by atoms with Crippen LogP contribution in [0, 0.1) is 5.92 Å². The van der Waals surface area contributed by atoms with Crippen LogP contribution in [-0.4, -0.2) is 5.75 Å².